The van der Waals surface area contributed by atoms with Crippen LogP contribution in [0.15, 0.2) is 119 Å². The number of hydrogen-bond donors (Lipinski definition) is 0. The van der Waals surface area contributed by atoms with Crippen LogP contribution in [0.4, 0.5) is 0 Å². The summed E-state index contributed by atoms with van der Waals surface area (Å²) in [6.07, 6.45) is 0. The molecule has 0 atom stereocenters. The Labute approximate surface area is 254 Å². The first kappa shape index (κ1) is 26.2. The summed E-state index contributed by atoms with van der Waals surface area (Å²) in [6.45, 7) is 8.44. The van der Waals surface area contributed by atoms with E-state index in [-0.39, 0.29) is 16.6 Å². The highest BCUT2D eigenvalue weighted by Gasteiger charge is 2.52. The first-order chi connectivity index (χ1) is 20.2. The molecule has 204 valence electrons. The molecule has 2 aliphatic heterocycles. The Bertz CT molecular complexity index is 1850. The van der Waals surface area contributed by atoms with Gasteiger partial charge in [-0.2, -0.15) is 0 Å². The van der Waals surface area contributed by atoms with Crippen LogP contribution in [0, 0.1) is 0 Å². The Morgan fingerprint density at radius 2 is 1.14 bits per heavy atom. The topological polar surface area (TPSA) is 18.5 Å². The van der Waals surface area contributed by atoms with Crippen LogP contribution in [0.25, 0.3) is 22.3 Å². The van der Waals surface area contributed by atoms with Gasteiger partial charge >= 0.3 is 7.12 Å². The minimum Gasteiger partial charge on any atom is -0.399 e. The van der Waals surface area contributed by atoms with E-state index in [1.54, 1.807) is 0 Å². The first-order valence-corrected chi connectivity index (χ1v) is 15.6. The minimum atomic E-state index is -0.396. The Kier molecular flexibility index (Phi) is 5.60. The van der Waals surface area contributed by atoms with E-state index in [1.165, 1.54) is 59.8 Å². The SMILES string of the molecule is Bc1cc(B2OC(C)(C)C(C)(C)O2)cc(-c2ccc3c(c2)C2(c4ccccc4Sc4ccccc42)c2ccccc2-3)c1. The van der Waals surface area contributed by atoms with Gasteiger partial charge in [-0.05, 0) is 95.9 Å². The summed E-state index contributed by atoms with van der Waals surface area (Å²) in [4.78, 5) is 2.64. The van der Waals surface area contributed by atoms with Gasteiger partial charge in [-0.15, -0.1) is 0 Å². The zero-order valence-electron chi connectivity index (χ0n) is 24.7. The van der Waals surface area contributed by atoms with Crippen LogP contribution in [0.3, 0.4) is 0 Å². The Morgan fingerprint density at radius 1 is 0.571 bits per heavy atom. The monoisotopic (exact) mass is 562 g/mol. The van der Waals surface area contributed by atoms with Crippen molar-refractivity contribution in [3.8, 4) is 22.3 Å². The molecule has 2 heterocycles. The van der Waals surface area contributed by atoms with Crippen molar-refractivity contribution in [1.29, 1.82) is 0 Å². The standard InChI is InChI=1S/C37H32B2O2S/c1-35(2)36(3,4)41-39(40-35)26-20-24(19-25(38)22-26)23-17-18-28-27-11-5-6-12-29(27)37(32(28)21-23)30-13-7-9-15-33(30)42-34-16-10-8-14-31(34)37/h5-22H,38H2,1-4H3. The summed E-state index contributed by atoms with van der Waals surface area (Å²) < 4.78 is 12.9. The lowest BCUT2D eigenvalue weighted by Crippen LogP contribution is -2.41. The van der Waals surface area contributed by atoms with Crippen LogP contribution >= 0.6 is 11.8 Å². The number of hydrogen-bond acceptors (Lipinski definition) is 3. The van der Waals surface area contributed by atoms with E-state index in [1.807, 2.05) is 11.8 Å². The molecule has 3 aliphatic rings. The Hall–Kier alpha value is -3.50. The van der Waals surface area contributed by atoms with Crippen molar-refractivity contribution in [1.82, 2.24) is 0 Å². The lowest BCUT2D eigenvalue weighted by molar-refractivity contribution is 0.00578. The van der Waals surface area contributed by atoms with Crippen molar-refractivity contribution in [3.05, 3.63) is 131 Å². The van der Waals surface area contributed by atoms with Crippen molar-refractivity contribution in [2.75, 3.05) is 0 Å². The predicted octanol–water partition coefficient (Wildman–Crippen LogP) is 6.74. The smallest absolute Gasteiger partial charge is 0.399 e. The fourth-order valence-electron chi connectivity index (χ4n) is 7.13. The van der Waals surface area contributed by atoms with Crippen molar-refractivity contribution >= 4 is 37.7 Å². The summed E-state index contributed by atoms with van der Waals surface area (Å²) >= 11 is 1.88. The van der Waals surface area contributed by atoms with E-state index in [9.17, 15) is 0 Å². The summed E-state index contributed by atoms with van der Waals surface area (Å²) in [6, 6.07) is 40.7. The second-order valence-corrected chi connectivity index (χ2v) is 14.0. The third-order valence-electron chi connectivity index (χ3n) is 9.81. The molecule has 5 heteroatoms. The maximum absolute atomic E-state index is 6.46. The van der Waals surface area contributed by atoms with Gasteiger partial charge in [-0.25, -0.2) is 0 Å². The van der Waals surface area contributed by atoms with Crippen molar-refractivity contribution < 1.29 is 9.31 Å². The minimum absolute atomic E-state index is 0.376. The molecule has 0 amide bonds. The quantitative estimate of drug-likeness (QED) is 0.218. The zero-order chi connectivity index (χ0) is 28.9. The average molecular weight is 562 g/mol. The Balaban J connectivity index is 1.35. The Morgan fingerprint density at radius 3 is 1.81 bits per heavy atom. The van der Waals surface area contributed by atoms with Gasteiger partial charge in [-0.1, -0.05) is 108 Å². The van der Waals surface area contributed by atoms with Gasteiger partial charge in [0, 0.05) is 9.79 Å². The lowest BCUT2D eigenvalue weighted by Gasteiger charge is -2.39. The highest BCUT2D eigenvalue weighted by atomic mass is 32.2. The largest absolute Gasteiger partial charge is 0.494 e. The molecule has 0 saturated carbocycles. The summed E-state index contributed by atoms with van der Waals surface area (Å²) in [7, 11) is 1.76. The highest BCUT2D eigenvalue weighted by molar-refractivity contribution is 7.99. The molecule has 5 aromatic rings. The van der Waals surface area contributed by atoms with Gasteiger partial charge in [0.2, 0.25) is 0 Å². The van der Waals surface area contributed by atoms with Crippen LogP contribution in [0.1, 0.15) is 49.9 Å². The summed E-state index contributed by atoms with van der Waals surface area (Å²) in [5.74, 6) is 0. The molecule has 0 bridgehead atoms. The fourth-order valence-corrected chi connectivity index (χ4v) is 8.32. The maximum atomic E-state index is 6.46. The first-order valence-electron chi connectivity index (χ1n) is 14.8. The number of fused-ring (bicyclic) bond motifs is 9. The van der Waals surface area contributed by atoms with E-state index in [2.05, 4.69) is 145 Å². The van der Waals surface area contributed by atoms with Gasteiger partial charge in [0.15, 0.2) is 0 Å². The van der Waals surface area contributed by atoms with Crippen molar-refractivity contribution in [2.24, 2.45) is 0 Å². The van der Waals surface area contributed by atoms with Gasteiger partial charge < -0.3 is 9.31 Å². The summed E-state index contributed by atoms with van der Waals surface area (Å²) in [5.41, 5.74) is 11.6. The van der Waals surface area contributed by atoms with Crippen molar-refractivity contribution in [2.45, 2.75) is 54.1 Å². The maximum Gasteiger partial charge on any atom is 0.494 e. The van der Waals surface area contributed by atoms with Gasteiger partial charge in [0.25, 0.3) is 0 Å². The van der Waals surface area contributed by atoms with Crippen LogP contribution in [-0.2, 0) is 14.7 Å². The van der Waals surface area contributed by atoms with Gasteiger partial charge in [0.1, 0.15) is 7.85 Å². The van der Waals surface area contributed by atoms with Crippen molar-refractivity contribution in [3.63, 3.8) is 0 Å². The van der Waals surface area contributed by atoms with E-state index in [0.29, 0.717) is 0 Å². The molecule has 1 fully saturated rings. The molecule has 0 aromatic heterocycles. The third-order valence-corrected chi connectivity index (χ3v) is 11.0. The predicted molar refractivity (Wildman–Crippen MR) is 177 cm³/mol. The highest BCUT2D eigenvalue weighted by Crippen LogP contribution is 2.62. The number of benzene rings is 5. The van der Waals surface area contributed by atoms with Crippen LogP contribution in [0.2, 0.25) is 0 Å². The molecule has 2 nitrogen and oxygen atoms in total. The van der Waals surface area contributed by atoms with E-state index in [4.69, 9.17) is 9.31 Å². The van der Waals surface area contributed by atoms with Gasteiger partial charge in [0.05, 0.1) is 16.6 Å². The lowest BCUT2D eigenvalue weighted by atomic mass is 9.67. The van der Waals surface area contributed by atoms with Crippen LogP contribution < -0.4 is 10.9 Å². The molecule has 8 rings (SSSR count). The molecular weight excluding hydrogens is 530 g/mol. The van der Waals surface area contributed by atoms with E-state index < -0.39 is 7.12 Å². The van der Waals surface area contributed by atoms with Crippen LogP contribution in [0.5, 0.6) is 0 Å². The molecule has 5 aromatic carbocycles. The van der Waals surface area contributed by atoms with E-state index in [0.717, 1.165) is 5.46 Å². The number of rotatable bonds is 2. The normalized spacial score (nSPS) is 18.3. The second-order valence-electron chi connectivity index (χ2n) is 12.9. The van der Waals surface area contributed by atoms with Crippen LogP contribution in [-0.4, -0.2) is 26.2 Å². The molecular formula is C37H32B2O2S. The average Bonchev–Trinajstić information content (AvgIpc) is 3.39. The zero-order valence-corrected chi connectivity index (χ0v) is 25.5. The molecule has 1 spiro atoms. The second kappa shape index (κ2) is 9.00. The molecule has 0 radical (unpaired) electrons. The molecule has 0 unspecified atom stereocenters. The van der Waals surface area contributed by atoms with Gasteiger partial charge in [-0.3, -0.25) is 0 Å². The summed E-state index contributed by atoms with van der Waals surface area (Å²) in [5, 5.41) is 0. The molecule has 42 heavy (non-hydrogen) atoms. The third kappa shape index (κ3) is 3.57. The molecule has 1 aliphatic carbocycles. The molecule has 1 saturated heterocycles. The van der Waals surface area contributed by atoms with E-state index >= 15 is 0 Å². The fraction of sp³-hybridized carbons (Fsp3) is 0.189. The molecule has 0 N–H and O–H groups in total.